The Balaban J connectivity index is 0.00000128. The van der Waals surface area contributed by atoms with Crippen LogP contribution in [0.2, 0.25) is 0 Å². The molecule has 88 valence electrons. The fourth-order valence-electron chi connectivity index (χ4n) is 2.00. The zero-order chi connectivity index (χ0) is 10.8. The Bertz CT molecular complexity index is 369. The van der Waals surface area contributed by atoms with Crippen LogP contribution in [0.3, 0.4) is 0 Å². The fraction of sp³-hybridized carbons (Fsp3) is 0.364. The Hall–Kier alpha value is -1.13. The number of hydrogen-bond acceptors (Lipinski definition) is 2. The number of nitrogens with one attached hydrogen (secondary N) is 1. The second-order valence-corrected chi connectivity index (χ2v) is 3.76. The van der Waals surface area contributed by atoms with Gasteiger partial charge in [-0.3, -0.25) is 4.79 Å². The lowest BCUT2D eigenvalue weighted by molar-refractivity contribution is -0.141. The minimum Gasteiger partial charge on any atom is -0.481 e. The molecular weight excluding hydrogens is 233 g/mol. The van der Waals surface area contributed by atoms with Gasteiger partial charge in [-0.25, -0.2) is 4.39 Å². The molecule has 1 aliphatic heterocycles. The number of halogens is 2. The van der Waals surface area contributed by atoms with Crippen LogP contribution in [-0.4, -0.2) is 24.2 Å². The zero-order valence-electron chi connectivity index (χ0n) is 8.52. The van der Waals surface area contributed by atoms with Crippen molar-refractivity contribution in [2.75, 3.05) is 13.1 Å². The van der Waals surface area contributed by atoms with Crippen molar-refractivity contribution >= 4 is 18.4 Å². The molecule has 2 rings (SSSR count). The third-order valence-corrected chi connectivity index (χ3v) is 2.83. The van der Waals surface area contributed by atoms with Crippen LogP contribution in [0.15, 0.2) is 24.3 Å². The zero-order valence-corrected chi connectivity index (χ0v) is 9.34. The molecular formula is C11H13ClFNO2. The molecule has 0 spiro atoms. The van der Waals surface area contributed by atoms with E-state index in [0.29, 0.717) is 13.1 Å². The van der Waals surface area contributed by atoms with E-state index in [1.165, 1.54) is 12.1 Å². The summed E-state index contributed by atoms with van der Waals surface area (Å²) in [5.41, 5.74) is 0.883. The molecule has 0 saturated carbocycles. The number of rotatable bonds is 2. The second-order valence-electron chi connectivity index (χ2n) is 3.76. The number of carboxylic acids is 1. The molecule has 0 bridgehead atoms. The van der Waals surface area contributed by atoms with E-state index < -0.39 is 11.9 Å². The van der Waals surface area contributed by atoms with E-state index in [4.69, 9.17) is 5.11 Å². The van der Waals surface area contributed by atoms with Crippen LogP contribution in [0.5, 0.6) is 0 Å². The number of carbonyl (C=O) groups is 1. The van der Waals surface area contributed by atoms with Gasteiger partial charge in [0.15, 0.2) is 0 Å². The third-order valence-electron chi connectivity index (χ3n) is 2.83. The first-order valence-electron chi connectivity index (χ1n) is 4.87. The lowest BCUT2D eigenvalue weighted by atomic mass is 9.89. The number of aliphatic carboxylic acids is 1. The summed E-state index contributed by atoms with van der Waals surface area (Å²) >= 11 is 0. The quantitative estimate of drug-likeness (QED) is 0.833. The second kappa shape index (κ2) is 5.27. The van der Waals surface area contributed by atoms with Gasteiger partial charge in [-0.05, 0) is 17.7 Å². The average Bonchev–Trinajstić information content (AvgIpc) is 2.67. The van der Waals surface area contributed by atoms with Crippen molar-refractivity contribution < 1.29 is 14.3 Å². The normalized spacial score (nSPS) is 23.8. The molecule has 1 heterocycles. The highest BCUT2D eigenvalue weighted by Crippen LogP contribution is 2.28. The lowest BCUT2D eigenvalue weighted by Gasteiger charge is -2.14. The Morgan fingerprint density at radius 3 is 2.50 bits per heavy atom. The number of hydrogen-bond donors (Lipinski definition) is 2. The minimum absolute atomic E-state index is 0. The summed E-state index contributed by atoms with van der Waals surface area (Å²) in [6.07, 6.45) is 0. The Morgan fingerprint density at radius 2 is 1.94 bits per heavy atom. The summed E-state index contributed by atoms with van der Waals surface area (Å²) in [7, 11) is 0. The highest BCUT2D eigenvalue weighted by molar-refractivity contribution is 5.85. The van der Waals surface area contributed by atoms with Gasteiger partial charge in [0.05, 0.1) is 5.92 Å². The average molecular weight is 246 g/mol. The largest absolute Gasteiger partial charge is 0.481 e. The maximum atomic E-state index is 12.7. The molecule has 1 aromatic carbocycles. The van der Waals surface area contributed by atoms with Gasteiger partial charge >= 0.3 is 5.97 Å². The predicted molar refractivity (Wildman–Crippen MR) is 60.4 cm³/mol. The minimum atomic E-state index is -0.797. The van der Waals surface area contributed by atoms with Gasteiger partial charge in [0.2, 0.25) is 0 Å². The predicted octanol–water partition coefficient (Wildman–Crippen LogP) is 1.64. The maximum Gasteiger partial charge on any atom is 0.308 e. The molecule has 2 atom stereocenters. The topological polar surface area (TPSA) is 49.3 Å². The van der Waals surface area contributed by atoms with Crippen molar-refractivity contribution in [2.24, 2.45) is 5.92 Å². The lowest BCUT2D eigenvalue weighted by Crippen LogP contribution is -2.20. The molecule has 0 aliphatic carbocycles. The summed E-state index contributed by atoms with van der Waals surface area (Å²) in [6.45, 7) is 1.12. The summed E-state index contributed by atoms with van der Waals surface area (Å²) in [5, 5.41) is 12.0. The van der Waals surface area contributed by atoms with Crippen LogP contribution in [0.1, 0.15) is 11.5 Å². The van der Waals surface area contributed by atoms with Crippen molar-refractivity contribution in [3.8, 4) is 0 Å². The van der Waals surface area contributed by atoms with E-state index in [-0.39, 0.29) is 24.1 Å². The molecule has 3 nitrogen and oxygen atoms in total. The van der Waals surface area contributed by atoms with E-state index in [0.717, 1.165) is 5.56 Å². The molecule has 2 unspecified atom stereocenters. The Kier molecular flexibility index (Phi) is 4.26. The van der Waals surface area contributed by atoms with Crippen molar-refractivity contribution in [3.63, 3.8) is 0 Å². The first kappa shape index (κ1) is 12.9. The summed E-state index contributed by atoms with van der Waals surface area (Å²) in [6, 6.07) is 6.05. The van der Waals surface area contributed by atoms with Crippen molar-refractivity contribution in [1.82, 2.24) is 5.32 Å². The van der Waals surface area contributed by atoms with Crippen LogP contribution in [0.25, 0.3) is 0 Å². The van der Waals surface area contributed by atoms with Crippen LogP contribution < -0.4 is 5.32 Å². The summed E-state index contributed by atoms with van der Waals surface area (Å²) in [4.78, 5) is 10.9. The van der Waals surface area contributed by atoms with Gasteiger partial charge in [-0.2, -0.15) is 0 Å². The van der Waals surface area contributed by atoms with Crippen LogP contribution in [0.4, 0.5) is 4.39 Å². The van der Waals surface area contributed by atoms with Crippen LogP contribution >= 0.6 is 12.4 Å². The maximum absolute atomic E-state index is 12.7. The van der Waals surface area contributed by atoms with E-state index in [1.54, 1.807) is 12.1 Å². The van der Waals surface area contributed by atoms with Gasteiger partial charge in [0, 0.05) is 19.0 Å². The van der Waals surface area contributed by atoms with Gasteiger partial charge in [-0.1, -0.05) is 12.1 Å². The molecule has 1 fully saturated rings. The molecule has 5 heteroatoms. The van der Waals surface area contributed by atoms with Crippen molar-refractivity contribution in [1.29, 1.82) is 0 Å². The van der Waals surface area contributed by atoms with Gasteiger partial charge in [0.25, 0.3) is 0 Å². The summed E-state index contributed by atoms with van der Waals surface area (Å²) < 4.78 is 12.7. The van der Waals surface area contributed by atoms with E-state index in [1.807, 2.05) is 0 Å². The molecule has 0 amide bonds. The van der Waals surface area contributed by atoms with Crippen molar-refractivity contribution in [2.45, 2.75) is 5.92 Å². The monoisotopic (exact) mass is 245 g/mol. The fourth-order valence-corrected chi connectivity index (χ4v) is 2.00. The standard InChI is InChI=1S/C11H12FNO2.ClH/c12-8-3-1-7(2-4-8)9-5-13-6-10(9)11(14)15;/h1-4,9-10,13H,5-6H2,(H,14,15);1H. The number of carboxylic acid groups (broad SMARTS) is 1. The van der Waals surface area contributed by atoms with Crippen LogP contribution in [-0.2, 0) is 4.79 Å². The number of benzene rings is 1. The Morgan fingerprint density at radius 1 is 1.31 bits per heavy atom. The highest BCUT2D eigenvalue weighted by atomic mass is 35.5. The Labute approximate surface area is 99.1 Å². The van der Waals surface area contributed by atoms with Gasteiger partial charge in [-0.15, -0.1) is 12.4 Å². The van der Waals surface area contributed by atoms with Gasteiger partial charge < -0.3 is 10.4 Å². The molecule has 2 N–H and O–H groups in total. The van der Waals surface area contributed by atoms with E-state index >= 15 is 0 Å². The first-order valence-corrected chi connectivity index (χ1v) is 4.87. The van der Waals surface area contributed by atoms with E-state index in [2.05, 4.69) is 5.32 Å². The third kappa shape index (κ3) is 2.51. The molecule has 0 radical (unpaired) electrons. The smallest absolute Gasteiger partial charge is 0.308 e. The molecule has 1 saturated heterocycles. The van der Waals surface area contributed by atoms with Crippen molar-refractivity contribution in [3.05, 3.63) is 35.6 Å². The first-order chi connectivity index (χ1) is 7.18. The molecule has 16 heavy (non-hydrogen) atoms. The summed E-state index contributed by atoms with van der Waals surface area (Å²) in [5.74, 6) is -1.55. The molecule has 1 aliphatic rings. The molecule has 0 aromatic heterocycles. The van der Waals surface area contributed by atoms with E-state index in [9.17, 15) is 9.18 Å². The molecule has 1 aromatic rings. The van der Waals surface area contributed by atoms with Crippen LogP contribution in [0, 0.1) is 11.7 Å². The highest BCUT2D eigenvalue weighted by Gasteiger charge is 2.33. The SMILES string of the molecule is Cl.O=C(O)C1CNCC1c1ccc(F)cc1. The van der Waals surface area contributed by atoms with Gasteiger partial charge in [0.1, 0.15) is 5.82 Å².